The zero-order valence-corrected chi connectivity index (χ0v) is 23.7. The molecule has 6 aromatic rings. The minimum atomic E-state index is -0.332. The molecule has 0 atom stereocenters. The third-order valence-electron chi connectivity index (χ3n) is 6.24. The standard InChI is InChI=1S/C32H22O4Se2/c33-31(35-19-21-11-3-1-4-12-21)29-27(23-15-7-9-17-25(23)37-29)28-24-16-8-10-18-26(24)38-30(28)32(34)36-20-22-13-5-2-6-14-22/h1-18H,19-20H2. The van der Waals surface area contributed by atoms with E-state index in [9.17, 15) is 9.59 Å². The van der Waals surface area contributed by atoms with Crippen LogP contribution in [0.15, 0.2) is 109 Å². The van der Waals surface area contributed by atoms with Crippen LogP contribution in [0.2, 0.25) is 0 Å². The van der Waals surface area contributed by atoms with Crippen molar-refractivity contribution in [2.45, 2.75) is 13.2 Å². The maximum atomic E-state index is 13.6. The van der Waals surface area contributed by atoms with Gasteiger partial charge < -0.3 is 0 Å². The molecule has 0 fully saturated rings. The SMILES string of the molecule is O=C(OCc1ccccc1)c1[se]c2ccccc2c1-c1c(C(=O)OCc2ccccc2)[se]c2ccccc12. The van der Waals surface area contributed by atoms with Gasteiger partial charge >= 0.3 is 233 Å². The molecule has 0 aliphatic carbocycles. The van der Waals surface area contributed by atoms with Crippen LogP contribution >= 0.6 is 0 Å². The molecular weight excluding hydrogens is 606 g/mol. The fraction of sp³-hybridized carbons (Fsp3) is 0.0625. The Bertz CT molecular complexity index is 1620. The summed E-state index contributed by atoms with van der Waals surface area (Å²) in [5, 5.41) is 1.99. The first kappa shape index (κ1) is 24.7. The van der Waals surface area contributed by atoms with E-state index in [-0.39, 0.29) is 54.2 Å². The van der Waals surface area contributed by atoms with Gasteiger partial charge in [-0.2, -0.15) is 0 Å². The molecule has 0 spiro atoms. The fourth-order valence-corrected chi connectivity index (χ4v) is 9.08. The van der Waals surface area contributed by atoms with Crippen LogP contribution in [0.25, 0.3) is 30.4 Å². The second-order valence-electron chi connectivity index (χ2n) is 8.73. The zero-order chi connectivity index (χ0) is 25.9. The molecule has 4 nitrogen and oxygen atoms in total. The third kappa shape index (κ3) is 4.92. The van der Waals surface area contributed by atoms with Gasteiger partial charge in [-0.3, -0.25) is 0 Å². The van der Waals surface area contributed by atoms with Crippen LogP contribution < -0.4 is 0 Å². The van der Waals surface area contributed by atoms with Crippen molar-refractivity contribution < 1.29 is 19.1 Å². The minimum absolute atomic E-state index is 0.203. The summed E-state index contributed by atoms with van der Waals surface area (Å²) in [5.74, 6) is -0.664. The Balaban J connectivity index is 1.45. The van der Waals surface area contributed by atoms with E-state index in [1.807, 2.05) is 97.1 Å². The van der Waals surface area contributed by atoms with Crippen LogP contribution in [0.3, 0.4) is 0 Å². The van der Waals surface area contributed by atoms with Crippen molar-refractivity contribution in [3.05, 3.63) is 129 Å². The van der Waals surface area contributed by atoms with Crippen molar-refractivity contribution in [2.24, 2.45) is 0 Å². The molecule has 6 rings (SSSR count). The summed E-state index contributed by atoms with van der Waals surface area (Å²) in [5.41, 5.74) is 3.50. The Labute approximate surface area is 231 Å². The first-order valence-electron chi connectivity index (χ1n) is 12.1. The van der Waals surface area contributed by atoms with Gasteiger partial charge in [-0.05, 0) is 0 Å². The fourth-order valence-electron chi connectivity index (χ4n) is 4.45. The second kappa shape index (κ2) is 11.0. The van der Waals surface area contributed by atoms with Crippen molar-refractivity contribution in [3.8, 4) is 11.1 Å². The number of hydrogen-bond acceptors (Lipinski definition) is 4. The van der Waals surface area contributed by atoms with Gasteiger partial charge in [-0.25, -0.2) is 0 Å². The topological polar surface area (TPSA) is 52.6 Å². The van der Waals surface area contributed by atoms with Gasteiger partial charge in [-0.15, -0.1) is 0 Å². The van der Waals surface area contributed by atoms with E-state index in [0.717, 1.165) is 41.5 Å². The predicted octanol–water partition coefficient (Wildman–Crippen LogP) is 6.49. The summed E-state index contributed by atoms with van der Waals surface area (Å²) >= 11 is -0.480. The molecule has 6 heteroatoms. The summed E-state index contributed by atoms with van der Waals surface area (Å²) in [7, 11) is 0. The number of rotatable bonds is 7. The normalized spacial score (nSPS) is 11.1. The molecule has 0 unspecified atom stereocenters. The van der Waals surface area contributed by atoms with Gasteiger partial charge in [0, 0.05) is 0 Å². The van der Waals surface area contributed by atoms with Gasteiger partial charge in [-0.1, -0.05) is 0 Å². The van der Waals surface area contributed by atoms with Gasteiger partial charge in [0.15, 0.2) is 0 Å². The first-order chi connectivity index (χ1) is 18.7. The summed E-state index contributed by atoms with van der Waals surface area (Å²) < 4.78 is 15.1. The molecule has 0 amide bonds. The summed E-state index contributed by atoms with van der Waals surface area (Å²) in [4.78, 5) is 27.1. The Hall–Kier alpha value is -3.66. The van der Waals surface area contributed by atoms with Crippen LogP contribution in [0, 0.1) is 0 Å². The van der Waals surface area contributed by atoms with Crippen molar-refractivity contribution in [3.63, 3.8) is 0 Å². The first-order valence-corrected chi connectivity index (χ1v) is 15.6. The Morgan fingerprint density at radius 3 is 1.29 bits per heavy atom. The van der Waals surface area contributed by atoms with Crippen molar-refractivity contribution in [1.82, 2.24) is 0 Å². The molecule has 0 bridgehead atoms. The quantitative estimate of drug-likeness (QED) is 0.150. The molecule has 0 aliphatic heterocycles. The average molecular weight is 628 g/mol. The predicted molar refractivity (Wildman–Crippen MR) is 152 cm³/mol. The van der Waals surface area contributed by atoms with Crippen molar-refractivity contribution >= 4 is 60.2 Å². The molecule has 2 heterocycles. The van der Waals surface area contributed by atoms with Crippen LogP contribution in [-0.4, -0.2) is 40.9 Å². The van der Waals surface area contributed by atoms with E-state index >= 15 is 0 Å². The van der Waals surface area contributed by atoms with E-state index in [1.165, 1.54) is 0 Å². The molecule has 0 saturated heterocycles. The van der Waals surface area contributed by atoms with E-state index in [1.54, 1.807) is 0 Å². The number of benzene rings is 4. The summed E-state index contributed by atoms with van der Waals surface area (Å²) in [6.45, 7) is 0.406. The van der Waals surface area contributed by atoms with E-state index in [4.69, 9.17) is 9.47 Å². The molecule has 0 aliphatic rings. The molecular formula is C32H22O4Se2. The third-order valence-corrected chi connectivity index (χ3v) is 11.1. The van der Waals surface area contributed by atoms with Crippen molar-refractivity contribution in [2.75, 3.05) is 0 Å². The van der Waals surface area contributed by atoms with Gasteiger partial charge in [0.1, 0.15) is 0 Å². The number of fused-ring (bicyclic) bond motifs is 2. The van der Waals surface area contributed by atoms with E-state index in [2.05, 4.69) is 12.1 Å². The van der Waals surface area contributed by atoms with Gasteiger partial charge in [0.2, 0.25) is 0 Å². The molecule has 2 aromatic heterocycles. The number of hydrogen-bond donors (Lipinski definition) is 0. The number of carbonyl (C=O) groups is 2. The van der Waals surface area contributed by atoms with E-state index in [0.29, 0.717) is 8.87 Å². The Kier molecular flexibility index (Phi) is 7.13. The second-order valence-corrected chi connectivity index (χ2v) is 13.1. The number of ether oxygens (including phenoxy) is 2. The molecule has 0 radical (unpaired) electrons. The molecule has 0 N–H and O–H groups in total. The molecule has 38 heavy (non-hydrogen) atoms. The monoisotopic (exact) mass is 630 g/mol. The van der Waals surface area contributed by atoms with Crippen LogP contribution in [0.1, 0.15) is 29.6 Å². The number of esters is 2. The summed E-state index contributed by atoms with van der Waals surface area (Å²) in [6.07, 6.45) is 0. The number of carbonyl (C=O) groups excluding carboxylic acids is 2. The zero-order valence-electron chi connectivity index (χ0n) is 20.3. The van der Waals surface area contributed by atoms with E-state index < -0.39 is 0 Å². The average Bonchev–Trinajstić information content (AvgIpc) is 3.54. The maximum absolute atomic E-state index is 13.6. The Morgan fingerprint density at radius 2 is 0.868 bits per heavy atom. The molecule has 0 saturated carbocycles. The Morgan fingerprint density at radius 1 is 0.500 bits per heavy atom. The molecule has 186 valence electrons. The summed E-state index contributed by atoms with van der Waals surface area (Å²) in [6, 6.07) is 35.5. The van der Waals surface area contributed by atoms with Gasteiger partial charge in [0.05, 0.1) is 0 Å². The van der Waals surface area contributed by atoms with Crippen LogP contribution in [-0.2, 0) is 22.7 Å². The van der Waals surface area contributed by atoms with Crippen LogP contribution in [0.5, 0.6) is 0 Å². The van der Waals surface area contributed by atoms with Crippen LogP contribution in [0.4, 0.5) is 0 Å². The van der Waals surface area contributed by atoms with Gasteiger partial charge in [0.25, 0.3) is 0 Å². The van der Waals surface area contributed by atoms with Crippen molar-refractivity contribution in [1.29, 1.82) is 0 Å². The molecule has 4 aromatic carbocycles.